The van der Waals surface area contributed by atoms with Crippen molar-refractivity contribution in [1.29, 1.82) is 0 Å². The van der Waals surface area contributed by atoms with Gasteiger partial charge in [0.2, 0.25) is 0 Å². The number of nitrogens with zero attached hydrogens (tertiary/aromatic N) is 5. The van der Waals surface area contributed by atoms with Crippen LogP contribution in [-0.4, -0.2) is 54.8 Å². The number of carbonyl (C=O) groups is 3. The lowest BCUT2D eigenvalue weighted by atomic mass is 9.44. The fourth-order valence-electron chi connectivity index (χ4n) is 10.5. The van der Waals surface area contributed by atoms with Gasteiger partial charge in [-0.1, -0.05) is 35.6 Å². The number of nitrogens with one attached hydrogen (secondary N) is 1. The Morgan fingerprint density at radius 3 is 2.51 bits per heavy atom. The summed E-state index contributed by atoms with van der Waals surface area (Å²) in [7, 11) is 0. The van der Waals surface area contributed by atoms with E-state index in [0.717, 1.165) is 64.7 Å². The summed E-state index contributed by atoms with van der Waals surface area (Å²) < 4.78 is 8.95. The van der Waals surface area contributed by atoms with Crippen molar-refractivity contribution in [1.82, 2.24) is 19.7 Å². The number of benzene rings is 2. The van der Waals surface area contributed by atoms with Gasteiger partial charge >= 0.3 is 11.9 Å². The number of rotatable bonds is 8. The number of amides is 1. The SMILES string of the molecule is Cc1c(-c2ccc(N3CCc4cccc(C(=O)Nc5nc6ccccc6s5)c4C3)nc2C(=O)OC(C)(C)C)cnn1CC12C[C@H]3C[C@H](C1)CC(C(=O)O)(C3)C2. The van der Waals surface area contributed by atoms with Crippen LogP contribution in [0.5, 0.6) is 0 Å². The second-order valence-corrected chi connectivity index (χ2v) is 18.5. The normalized spacial score (nSPS) is 24.2. The number of ether oxygens (including phenoxy) is 1. The van der Waals surface area contributed by atoms with Gasteiger partial charge in [0.15, 0.2) is 10.8 Å². The molecule has 3 aromatic heterocycles. The Balaban J connectivity index is 1.01. The van der Waals surface area contributed by atoms with Crippen LogP contribution in [0.25, 0.3) is 21.3 Å². The molecule has 4 fully saturated rings. The second kappa shape index (κ2) is 13.0. The molecule has 12 heteroatoms. The molecule has 2 aromatic carbocycles. The van der Waals surface area contributed by atoms with E-state index in [1.165, 1.54) is 11.3 Å². The first-order chi connectivity index (χ1) is 26.3. The van der Waals surface area contributed by atoms with E-state index in [2.05, 4.69) is 21.3 Å². The van der Waals surface area contributed by atoms with Crippen LogP contribution in [0.1, 0.15) is 97.0 Å². The average Bonchev–Trinajstić information content (AvgIpc) is 3.71. The molecule has 2 atom stereocenters. The van der Waals surface area contributed by atoms with Gasteiger partial charge in [0.25, 0.3) is 5.91 Å². The highest BCUT2D eigenvalue weighted by Crippen LogP contribution is 2.66. The number of carboxylic acid groups (broad SMARTS) is 1. The molecule has 0 spiro atoms. The second-order valence-electron chi connectivity index (χ2n) is 17.5. The zero-order valence-corrected chi connectivity index (χ0v) is 32.5. The maximum absolute atomic E-state index is 13.9. The van der Waals surface area contributed by atoms with Crippen molar-refractivity contribution in [3.63, 3.8) is 0 Å². The van der Waals surface area contributed by atoms with Crippen LogP contribution < -0.4 is 10.2 Å². The van der Waals surface area contributed by atoms with E-state index in [-0.39, 0.29) is 17.0 Å². The molecule has 1 amide bonds. The van der Waals surface area contributed by atoms with Gasteiger partial charge in [-0.3, -0.25) is 19.6 Å². The first-order valence-corrected chi connectivity index (χ1v) is 20.1. The maximum Gasteiger partial charge on any atom is 0.358 e. The molecule has 4 bridgehead atoms. The number of carboxylic acids is 1. The number of thiazole rings is 1. The third kappa shape index (κ3) is 6.47. The largest absolute Gasteiger partial charge is 0.481 e. The van der Waals surface area contributed by atoms with E-state index >= 15 is 0 Å². The Hall–Kier alpha value is -5.10. The summed E-state index contributed by atoms with van der Waals surface area (Å²) in [6, 6.07) is 17.5. The summed E-state index contributed by atoms with van der Waals surface area (Å²) in [5, 5.41) is 18.7. The van der Waals surface area contributed by atoms with Gasteiger partial charge in [-0.25, -0.2) is 14.8 Å². The molecule has 0 radical (unpaired) electrons. The Morgan fingerprint density at radius 1 is 0.982 bits per heavy atom. The van der Waals surface area contributed by atoms with Crippen molar-refractivity contribution >= 4 is 50.3 Å². The number of hydrogen-bond acceptors (Lipinski definition) is 9. The van der Waals surface area contributed by atoms with E-state index in [1.807, 2.05) is 80.9 Å². The summed E-state index contributed by atoms with van der Waals surface area (Å²) in [6.45, 7) is 9.31. The average molecular weight is 759 g/mol. The summed E-state index contributed by atoms with van der Waals surface area (Å²) in [4.78, 5) is 51.9. The minimum absolute atomic E-state index is 0.0959. The van der Waals surface area contributed by atoms with Gasteiger partial charge in [0, 0.05) is 42.0 Å². The van der Waals surface area contributed by atoms with Crippen molar-refractivity contribution < 1.29 is 24.2 Å². The minimum atomic E-state index is -0.737. The lowest BCUT2D eigenvalue weighted by molar-refractivity contribution is -0.176. The molecule has 5 aromatic rings. The van der Waals surface area contributed by atoms with Crippen LogP contribution in [0.15, 0.2) is 60.8 Å². The van der Waals surface area contributed by atoms with Gasteiger partial charge in [-0.2, -0.15) is 5.10 Å². The molecular formula is C43H46N6O5S. The van der Waals surface area contributed by atoms with Crippen LogP contribution in [0.4, 0.5) is 10.9 Å². The molecule has 4 heterocycles. The van der Waals surface area contributed by atoms with Gasteiger partial charge in [-0.15, -0.1) is 0 Å². The molecule has 1 aliphatic heterocycles. The molecule has 0 saturated heterocycles. The molecular weight excluding hydrogens is 713 g/mol. The van der Waals surface area contributed by atoms with E-state index in [0.29, 0.717) is 66.4 Å². The van der Waals surface area contributed by atoms with Crippen LogP contribution in [-0.2, 0) is 29.0 Å². The van der Waals surface area contributed by atoms with Gasteiger partial charge in [0.05, 0.1) is 21.8 Å². The zero-order valence-electron chi connectivity index (χ0n) is 31.7. The van der Waals surface area contributed by atoms with E-state index < -0.39 is 23.0 Å². The van der Waals surface area contributed by atoms with Crippen LogP contribution >= 0.6 is 11.3 Å². The van der Waals surface area contributed by atoms with Crippen LogP contribution in [0, 0.1) is 29.6 Å². The number of anilines is 2. The number of carbonyl (C=O) groups excluding carboxylic acids is 2. The van der Waals surface area contributed by atoms with E-state index in [9.17, 15) is 19.5 Å². The van der Waals surface area contributed by atoms with Crippen molar-refractivity contribution in [2.45, 2.75) is 91.3 Å². The third-order valence-corrected chi connectivity index (χ3v) is 13.3. The van der Waals surface area contributed by atoms with Gasteiger partial charge < -0.3 is 14.7 Å². The lowest BCUT2D eigenvalue weighted by Gasteiger charge is -2.60. The quantitative estimate of drug-likeness (QED) is 0.150. The van der Waals surface area contributed by atoms with Crippen molar-refractivity contribution in [2.24, 2.45) is 22.7 Å². The summed E-state index contributed by atoms with van der Waals surface area (Å²) in [5.41, 5.74) is 4.57. The molecule has 4 saturated carbocycles. The number of aromatic nitrogens is 4. The molecule has 10 rings (SSSR count). The smallest absolute Gasteiger partial charge is 0.358 e. The third-order valence-electron chi connectivity index (χ3n) is 12.3. The number of para-hydroxylation sites is 1. The highest BCUT2D eigenvalue weighted by atomic mass is 32.1. The fourth-order valence-corrected chi connectivity index (χ4v) is 11.3. The van der Waals surface area contributed by atoms with Crippen molar-refractivity contribution in [2.75, 3.05) is 16.8 Å². The number of aliphatic carboxylic acids is 1. The number of pyridine rings is 1. The first kappa shape index (κ1) is 35.6. The predicted molar refractivity (Wildman–Crippen MR) is 211 cm³/mol. The highest BCUT2D eigenvalue weighted by molar-refractivity contribution is 7.22. The molecule has 2 N–H and O–H groups in total. The highest BCUT2D eigenvalue weighted by Gasteiger charge is 2.61. The lowest BCUT2D eigenvalue weighted by Crippen LogP contribution is -2.56. The standard InChI is InChI=1S/C43H46N6O5S/c1-25-31(21-44-49(25)24-42-17-26-16-27(18-42)20-43(19-26,23-42)39(52)53)29-12-13-35(46-36(29)38(51)54-41(2,3)4)48-15-14-28-8-7-9-30(32(28)22-48)37(50)47-40-45-33-10-5-6-11-34(33)55-40/h5-13,21,26-27H,14-20,22-24H2,1-4H3,(H,52,53)(H,45,47,50)/t26-,27-,42?,43?/m1/s1. The van der Waals surface area contributed by atoms with E-state index in [1.54, 1.807) is 6.20 Å². The Morgan fingerprint density at radius 2 is 1.76 bits per heavy atom. The summed E-state index contributed by atoms with van der Waals surface area (Å²) in [6.07, 6.45) is 8.01. The predicted octanol–water partition coefficient (Wildman–Crippen LogP) is 8.30. The molecule has 11 nitrogen and oxygen atoms in total. The summed E-state index contributed by atoms with van der Waals surface area (Å²) >= 11 is 1.45. The maximum atomic E-state index is 13.9. The van der Waals surface area contributed by atoms with Crippen molar-refractivity contribution in [3.8, 4) is 11.1 Å². The number of esters is 1. The molecule has 284 valence electrons. The molecule has 55 heavy (non-hydrogen) atoms. The van der Waals surface area contributed by atoms with E-state index in [4.69, 9.17) is 14.8 Å². The monoisotopic (exact) mass is 758 g/mol. The van der Waals surface area contributed by atoms with Gasteiger partial charge in [-0.05, 0) is 131 Å². The topological polar surface area (TPSA) is 140 Å². The van der Waals surface area contributed by atoms with Gasteiger partial charge in [0.1, 0.15) is 11.4 Å². The zero-order chi connectivity index (χ0) is 38.3. The number of hydrogen-bond donors (Lipinski definition) is 2. The van der Waals surface area contributed by atoms with Crippen LogP contribution in [0.2, 0.25) is 0 Å². The minimum Gasteiger partial charge on any atom is -0.481 e. The molecule has 0 unspecified atom stereocenters. The first-order valence-electron chi connectivity index (χ1n) is 19.3. The fraction of sp³-hybridized carbons (Fsp3) is 0.442. The Kier molecular flexibility index (Phi) is 8.41. The molecule has 5 aliphatic rings. The Labute approximate surface area is 324 Å². The van der Waals surface area contributed by atoms with Crippen molar-refractivity contribution in [3.05, 3.63) is 88.9 Å². The number of fused-ring (bicyclic) bond motifs is 2. The molecule has 4 aliphatic carbocycles. The van der Waals surface area contributed by atoms with Crippen LogP contribution in [0.3, 0.4) is 0 Å². The summed E-state index contributed by atoms with van der Waals surface area (Å²) in [5.74, 6) is 0.152. The Bertz CT molecular complexity index is 2330.